The van der Waals surface area contributed by atoms with E-state index in [1.54, 1.807) is 43.5 Å². The lowest BCUT2D eigenvalue weighted by atomic mass is 10.2. The third-order valence-corrected chi connectivity index (χ3v) is 6.48. The summed E-state index contributed by atoms with van der Waals surface area (Å²) < 4.78 is 12.7. The van der Waals surface area contributed by atoms with Crippen LogP contribution in [0.3, 0.4) is 0 Å². The van der Waals surface area contributed by atoms with Crippen molar-refractivity contribution in [3.63, 3.8) is 0 Å². The second-order valence-electron chi connectivity index (χ2n) is 7.55. The van der Waals surface area contributed by atoms with Crippen molar-refractivity contribution in [3.8, 4) is 28.6 Å². The Morgan fingerprint density at radius 2 is 1.73 bits per heavy atom. The van der Waals surface area contributed by atoms with Crippen molar-refractivity contribution in [2.75, 3.05) is 19.5 Å². The minimum absolute atomic E-state index is 0.0796. The molecule has 0 aliphatic rings. The zero-order valence-corrected chi connectivity index (χ0v) is 22.3. The molecular formula is C26H23Cl2N5O3S. The van der Waals surface area contributed by atoms with Crippen molar-refractivity contribution < 1.29 is 14.3 Å². The van der Waals surface area contributed by atoms with Gasteiger partial charge in [-0.2, -0.15) is 5.10 Å². The van der Waals surface area contributed by atoms with Crippen LogP contribution < -0.4 is 14.9 Å². The minimum Gasteiger partial charge on any atom is -0.493 e. The number of methoxy groups -OCH3 is 1. The number of benzene rings is 3. The first-order valence-corrected chi connectivity index (χ1v) is 13.0. The van der Waals surface area contributed by atoms with Crippen LogP contribution >= 0.6 is 35.0 Å². The topological polar surface area (TPSA) is 90.6 Å². The number of thioether (sulfide) groups is 1. The molecule has 0 aliphatic heterocycles. The molecule has 0 unspecified atom stereocenters. The summed E-state index contributed by atoms with van der Waals surface area (Å²) in [6.45, 7) is 2.43. The maximum atomic E-state index is 12.5. The molecule has 1 amide bonds. The molecule has 0 radical (unpaired) electrons. The first kappa shape index (κ1) is 26.5. The molecule has 8 nitrogen and oxygen atoms in total. The minimum atomic E-state index is -0.294. The van der Waals surface area contributed by atoms with Gasteiger partial charge in [-0.05, 0) is 79.2 Å². The highest BCUT2D eigenvalue weighted by atomic mass is 35.5. The van der Waals surface area contributed by atoms with Crippen LogP contribution in [0.1, 0.15) is 12.5 Å². The van der Waals surface area contributed by atoms with Gasteiger partial charge >= 0.3 is 0 Å². The van der Waals surface area contributed by atoms with Gasteiger partial charge in [0.2, 0.25) is 0 Å². The maximum absolute atomic E-state index is 12.5. The molecule has 3 aromatic carbocycles. The van der Waals surface area contributed by atoms with Crippen molar-refractivity contribution in [3.05, 3.63) is 82.3 Å². The van der Waals surface area contributed by atoms with Gasteiger partial charge in [0.25, 0.3) is 5.91 Å². The van der Waals surface area contributed by atoms with Crippen molar-refractivity contribution in [2.45, 2.75) is 12.1 Å². The second kappa shape index (κ2) is 12.6. The fraction of sp³-hybridized carbons (Fsp3) is 0.154. The average Bonchev–Trinajstić information content (AvgIpc) is 3.33. The lowest BCUT2D eigenvalue weighted by molar-refractivity contribution is -0.118. The molecule has 0 bridgehead atoms. The van der Waals surface area contributed by atoms with Crippen molar-refractivity contribution >= 4 is 47.1 Å². The Kier molecular flexibility index (Phi) is 9.05. The number of hydrogen-bond acceptors (Lipinski definition) is 7. The van der Waals surface area contributed by atoms with Crippen LogP contribution in [0.15, 0.2) is 77.0 Å². The van der Waals surface area contributed by atoms with E-state index in [1.807, 2.05) is 41.8 Å². The van der Waals surface area contributed by atoms with Crippen LogP contribution in [0.25, 0.3) is 17.1 Å². The normalized spacial score (nSPS) is 11.0. The van der Waals surface area contributed by atoms with Gasteiger partial charge in [-0.3, -0.25) is 9.36 Å². The average molecular weight is 556 g/mol. The highest BCUT2D eigenvalue weighted by molar-refractivity contribution is 7.99. The fourth-order valence-corrected chi connectivity index (χ4v) is 4.35. The predicted octanol–water partition coefficient (Wildman–Crippen LogP) is 5.89. The molecule has 0 aliphatic carbocycles. The van der Waals surface area contributed by atoms with Gasteiger partial charge in [0.15, 0.2) is 22.5 Å². The summed E-state index contributed by atoms with van der Waals surface area (Å²) in [6, 6.07) is 20.0. The van der Waals surface area contributed by atoms with E-state index in [-0.39, 0.29) is 11.7 Å². The molecular weight excluding hydrogens is 533 g/mol. The molecule has 11 heteroatoms. The van der Waals surface area contributed by atoms with E-state index in [0.717, 1.165) is 16.8 Å². The molecule has 0 spiro atoms. The Hall–Kier alpha value is -3.53. The van der Waals surface area contributed by atoms with Crippen molar-refractivity contribution in [2.24, 2.45) is 5.10 Å². The molecule has 0 saturated heterocycles. The molecule has 190 valence electrons. The number of aromatic nitrogens is 3. The second-order valence-corrected chi connectivity index (χ2v) is 9.37. The molecule has 1 heterocycles. The van der Waals surface area contributed by atoms with E-state index < -0.39 is 0 Å². The molecule has 0 atom stereocenters. The van der Waals surface area contributed by atoms with Crippen LogP contribution in [-0.2, 0) is 4.79 Å². The number of carbonyl (C=O) groups is 1. The zero-order chi connectivity index (χ0) is 26.2. The summed E-state index contributed by atoms with van der Waals surface area (Å²) in [6.07, 6.45) is 1.54. The number of amides is 1. The standard InChI is InChI=1S/C26H23Cl2N5O3S/c1-3-36-22-13-4-17(14-23(22)35-2)15-29-30-24(34)16-37-26-32-31-25(18-5-7-19(27)8-6-18)33(26)21-11-9-20(28)10-12-21/h4-15H,3,16H2,1-2H3,(H,30,34)/b29-15-. The number of hydrogen-bond donors (Lipinski definition) is 1. The smallest absolute Gasteiger partial charge is 0.250 e. The number of nitrogens with zero attached hydrogens (tertiary/aromatic N) is 4. The van der Waals surface area contributed by atoms with Crippen LogP contribution in [-0.4, -0.2) is 46.4 Å². The first-order valence-electron chi connectivity index (χ1n) is 11.2. The van der Waals surface area contributed by atoms with Gasteiger partial charge in [0.1, 0.15) is 0 Å². The monoisotopic (exact) mass is 555 g/mol. The third kappa shape index (κ3) is 6.82. The van der Waals surface area contributed by atoms with E-state index in [0.29, 0.717) is 39.1 Å². The SMILES string of the molecule is CCOc1ccc(/C=N\NC(=O)CSc2nnc(-c3ccc(Cl)cc3)n2-c2ccc(Cl)cc2)cc1OC. The number of rotatable bonds is 10. The number of ether oxygens (including phenoxy) is 2. The van der Waals surface area contributed by atoms with Gasteiger partial charge in [0.05, 0.1) is 25.7 Å². The predicted molar refractivity (Wildman–Crippen MR) is 147 cm³/mol. The molecule has 1 N–H and O–H groups in total. The lowest BCUT2D eigenvalue weighted by Gasteiger charge is -2.10. The quantitative estimate of drug-likeness (QED) is 0.149. The summed E-state index contributed by atoms with van der Waals surface area (Å²) in [5.74, 6) is 1.63. The Morgan fingerprint density at radius 3 is 2.41 bits per heavy atom. The van der Waals surface area contributed by atoms with Crippen LogP contribution in [0.4, 0.5) is 0 Å². The van der Waals surface area contributed by atoms with E-state index in [2.05, 4.69) is 20.7 Å². The summed E-state index contributed by atoms with van der Waals surface area (Å²) in [4.78, 5) is 12.5. The molecule has 4 rings (SSSR count). The summed E-state index contributed by atoms with van der Waals surface area (Å²) in [7, 11) is 1.57. The van der Waals surface area contributed by atoms with E-state index in [1.165, 1.54) is 18.0 Å². The van der Waals surface area contributed by atoms with Gasteiger partial charge in [-0.1, -0.05) is 35.0 Å². The number of nitrogens with one attached hydrogen (secondary N) is 1. The molecule has 37 heavy (non-hydrogen) atoms. The first-order chi connectivity index (χ1) is 18.0. The van der Waals surface area contributed by atoms with E-state index in [9.17, 15) is 4.79 Å². The summed E-state index contributed by atoms with van der Waals surface area (Å²) in [5.41, 5.74) is 4.93. The highest BCUT2D eigenvalue weighted by Crippen LogP contribution is 2.30. The molecule has 4 aromatic rings. The summed E-state index contributed by atoms with van der Waals surface area (Å²) >= 11 is 13.4. The number of hydrazone groups is 1. The van der Waals surface area contributed by atoms with Gasteiger partial charge < -0.3 is 9.47 Å². The Balaban J connectivity index is 1.46. The number of carbonyl (C=O) groups excluding carboxylic acids is 1. The molecule has 0 fully saturated rings. The fourth-order valence-electron chi connectivity index (χ4n) is 3.35. The van der Waals surface area contributed by atoms with E-state index in [4.69, 9.17) is 32.7 Å². The highest BCUT2D eigenvalue weighted by Gasteiger charge is 2.17. The number of halogens is 2. The zero-order valence-electron chi connectivity index (χ0n) is 20.0. The van der Waals surface area contributed by atoms with E-state index >= 15 is 0 Å². The third-order valence-electron chi connectivity index (χ3n) is 5.04. The largest absolute Gasteiger partial charge is 0.493 e. The van der Waals surface area contributed by atoms with Crippen LogP contribution in [0.5, 0.6) is 11.5 Å². The van der Waals surface area contributed by atoms with Gasteiger partial charge in [-0.15, -0.1) is 10.2 Å². The molecule has 0 saturated carbocycles. The van der Waals surface area contributed by atoms with Crippen molar-refractivity contribution in [1.82, 2.24) is 20.2 Å². The Morgan fingerprint density at radius 1 is 1.03 bits per heavy atom. The van der Waals surface area contributed by atoms with Crippen LogP contribution in [0.2, 0.25) is 10.0 Å². The Bertz CT molecular complexity index is 1390. The lowest BCUT2D eigenvalue weighted by Crippen LogP contribution is -2.20. The van der Waals surface area contributed by atoms with Crippen molar-refractivity contribution in [1.29, 1.82) is 0 Å². The van der Waals surface area contributed by atoms with Crippen LogP contribution in [0, 0.1) is 0 Å². The van der Waals surface area contributed by atoms with Gasteiger partial charge in [0, 0.05) is 21.3 Å². The Labute approximate surface area is 228 Å². The maximum Gasteiger partial charge on any atom is 0.250 e. The molecule has 1 aromatic heterocycles. The van der Waals surface area contributed by atoms with Gasteiger partial charge in [-0.25, -0.2) is 5.43 Å². The summed E-state index contributed by atoms with van der Waals surface area (Å²) in [5, 5.41) is 14.5.